The van der Waals surface area contributed by atoms with E-state index in [-0.39, 0.29) is 18.4 Å². The van der Waals surface area contributed by atoms with Crippen LogP contribution in [0, 0.1) is 0 Å². The van der Waals surface area contributed by atoms with Crippen molar-refractivity contribution in [1.82, 2.24) is 4.90 Å². The summed E-state index contributed by atoms with van der Waals surface area (Å²) in [6.07, 6.45) is 0. The number of benzene rings is 1. The van der Waals surface area contributed by atoms with Gasteiger partial charge in [-0.05, 0) is 18.2 Å². The number of carbonyl (C=O) groups excluding carboxylic acids is 2. The van der Waals surface area contributed by atoms with E-state index in [0.717, 1.165) is 4.47 Å². The molecule has 1 heterocycles. The summed E-state index contributed by atoms with van der Waals surface area (Å²) in [6.45, 7) is 1.13. The first-order valence-electron chi connectivity index (χ1n) is 5.49. The van der Waals surface area contributed by atoms with Crippen molar-refractivity contribution >= 4 is 40.4 Å². The Morgan fingerprint density at radius 2 is 1.89 bits per heavy atom. The molecule has 0 aromatic heterocycles. The van der Waals surface area contributed by atoms with Crippen molar-refractivity contribution in [3.05, 3.63) is 33.8 Å². The molecule has 0 saturated heterocycles. The summed E-state index contributed by atoms with van der Waals surface area (Å²) in [4.78, 5) is 25.3. The van der Waals surface area contributed by atoms with Gasteiger partial charge in [0.15, 0.2) is 0 Å². The van der Waals surface area contributed by atoms with Crippen LogP contribution in [0.4, 0.5) is 0 Å². The molecule has 6 heteroatoms. The first-order chi connectivity index (χ1) is 8.65. The van der Waals surface area contributed by atoms with E-state index in [1.165, 1.54) is 4.90 Å². The molecule has 0 atom stereocenters. The molecule has 18 heavy (non-hydrogen) atoms. The molecule has 0 aliphatic carbocycles. The Hall–Kier alpha value is -0.850. The third-order valence-electron chi connectivity index (χ3n) is 2.63. The van der Waals surface area contributed by atoms with Gasteiger partial charge in [-0.25, -0.2) is 0 Å². The van der Waals surface area contributed by atoms with E-state index in [1.807, 2.05) is 0 Å². The van der Waals surface area contributed by atoms with Gasteiger partial charge in [-0.15, -0.1) is 0 Å². The van der Waals surface area contributed by atoms with Gasteiger partial charge in [0.05, 0.1) is 30.9 Å². The Kier molecular flexibility index (Phi) is 4.42. The molecule has 0 saturated carbocycles. The van der Waals surface area contributed by atoms with Gasteiger partial charge in [0.1, 0.15) is 0 Å². The van der Waals surface area contributed by atoms with Crippen molar-refractivity contribution in [2.24, 2.45) is 0 Å². The fraction of sp³-hybridized carbons (Fsp3) is 0.333. The maximum atomic E-state index is 12.0. The quantitative estimate of drug-likeness (QED) is 0.510. The predicted molar refractivity (Wildman–Crippen MR) is 74.2 cm³/mol. The van der Waals surface area contributed by atoms with Gasteiger partial charge in [-0.3, -0.25) is 14.5 Å². The number of hydrogen-bond donors (Lipinski definition) is 1. The second-order valence-corrected chi connectivity index (χ2v) is 5.15. The number of thiol groups is 1. The Labute approximate surface area is 119 Å². The highest BCUT2D eigenvalue weighted by Crippen LogP contribution is 2.25. The van der Waals surface area contributed by atoms with Crippen LogP contribution in [-0.4, -0.2) is 42.2 Å². The van der Waals surface area contributed by atoms with E-state index >= 15 is 0 Å². The largest absolute Gasteiger partial charge is 0.379 e. The number of fused-ring (bicyclic) bond motifs is 1. The Balaban J connectivity index is 2.08. The molecule has 2 rings (SSSR count). The monoisotopic (exact) mass is 329 g/mol. The number of imide groups is 1. The minimum Gasteiger partial charge on any atom is -0.379 e. The lowest BCUT2D eigenvalue weighted by Gasteiger charge is -2.13. The predicted octanol–water partition coefficient (Wildman–Crippen LogP) is 1.99. The summed E-state index contributed by atoms with van der Waals surface area (Å²) in [5.74, 6) is 0.109. The zero-order valence-electron chi connectivity index (χ0n) is 9.56. The van der Waals surface area contributed by atoms with Gasteiger partial charge in [0.2, 0.25) is 0 Å². The van der Waals surface area contributed by atoms with Crippen LogP contribution in [0.25, 0.3) is 0 Å². The highest BCUT2D eigenvalue weighted by molar-refractivity contribution is 9.10. The Morgan fingerprint density at radius 1 is 1.17 bits per heavy atom. The molecule has 1 aliphatic rings. The molecule has 1 aromatic rings. The van der Waals surface area contributed by atoms with Crippen LogP contribution in [-0.2, 0) is 4.74 Å². The molecule has 0 radical (unpaired) electrons. The first kappa shape index (κ1) is 13.6. The van der Waals surface area contributed by atoms with Crippen molar-refractivity contribution in [2.45, 2.75) is 0 Å². The van der Waals surface area contributed by atoms with Crippen LogP contribution >= 0.6 is 28.6 Å². The molecule has 0 N–H and O–H groups in total. The first-order valence-corrected chi connectivity index (χ1v) is 6.92. The standard InChI is InChI=1S/C12H12BrNO3S/c13-8-1-2-9-10(7-8)12(16)14(11(9)15)3-4-17-5-6-18/h1-2,7,18H,3-6H2. The zero-order valence-corrected chi connectivity index (χ0v) is 12.0. The van der Waals surface area contributed by atoms with E-state index in [0.29, 0.717) is 30.1 Å². The molecule has 0 fully saturated rings. The van der Waals surface area contributed by atoms with Crippen LogP contribution in [0.2, 0.25) is 0 Å². The molecule has 96 valence electrons. The average molecular weight is 330 g/mol. The number of carbonyl (C=O) groups is 2. The number of rotatable bonds is 5. The maximum Gasteiger partial charge on any atom is 0.261 e. The topological polar surface area (TPSA) is 46.6 Å². The fourth-order valence-electron chi connectivity index (χ4n) is 1.79. The van der Waals surface area contributed by atoms with Crippen LogP contribution < -0.4 is 0 Å². The Bertz CT molecular complexity index is 492. The van der Waals surface area contributed by atoms with Crippen molar-refractivity contribution in [3.63, 3.8) is 0 Å². The van der Waals surface area contributed by atoms with Gasteiger partial charge < -0.3 is 4.74 Å². The second-order valence-electron chi connectivity index (χ2n) is 3.79. The van der Waals surface area contributed by atoms with E-state index < -0.39 is 0 Å². The van der Waals surface area contributed by atoms with Gasteiger partial charge in [-0.1, -0.05) is 15.9 Å². The molecule has 1 aromatic carbocycles. The molecule has 0 bridgehead atoms. The average Bonchev–Trinajstić information content (AvgIpc) is 2.59. The molecule has 2 amide bonds. The number of hydrogen-bond acceptors (Lipinski definition) is 4. The van der Waals surface area contributed by atoms with Crippen LogP contribution in [0.5, 0.6) is 0 Å². The van der Waals surface area contributed by atoms with Gasteiger partial charge in [-0.2, -0.15) is 12.6 Å². The smallest absolute Gasteiger partial charge is 0.261 e. The summed E-state index contributed by atoms with van der Waals surface area (Å²) in [5.41, 5.74) is 0.904. The lowest BCUT2D eigenvalue weighted by atomic mass is 10.1. The number of amides is 2. The van der Waals surface area contributed by atoms with Crippen LogP contribution in [0.3, 0.4) is 0 Å². The summed E-state index contributed by atoms with van der Waals surface area (Å²) < 4.78 is 6.02. The third kappa shape index (κ3) is 2.60. The van der Waals surface area contributed by atoms with E-state index in [1.54, 1.807) is 18.2 Å². The minimum absolute atomic E-state index is 0.253. The molecular formula is C12H12BrNO3S. The Morgan fingerprint density at radius 3 is 2.61 bits per heavy atom. The SMILES string of the molecule is O=C1c2ccc(Br)cc2C(=O)N1CCOCCS. The van der Waals surface area contributed by atoms with Crippen LogP contribution in [0.1, 0.15) is 20.7 Å². The zero-order chi connectivity index (χ0) is 13.1. The summed E-state index contributed by atoms with van der Waals surface area (Å²) in [7, 11) is 0. The van der Waals surface area contributed by atoms with E-state index in [4.69, 9.17) is 4.74 Å². The normalized spacial score (nSPS) is 14.2. The molecule has 0 unspecified atom stereocenters. The van der Waals surface area contributed by atoms with E-state index in [2.05, 4.69) is 28.6 Å². The van der Waals surface area contributed by atoms with Crippen molar-refractivity contribution < 1.29 is 14.3 Å². The van der Waals surface area contributed by atoms with Crippen molar-refractivity contribution in [3.8, 4) is 0 Å². The summed E-state index contributed by atoms with van der Waals surface area (Å²) in [6, 6.07) is 5.09. The van der Waals surface area contributed by atoms with Gasteiger partial charge in [0.25, 0.3) is 11.8 Å². The number of nitrogens with zero attached hydrogens (tertiary/aromatic N) is 1. The van der Waals surface area contributed by atoms with Crippen LogP contribution in [0.15, 0.2) is 22.7 Å². The fourth-order valence-corrected chi connectivity index (χ4v) is 2.28. The lowest BCUT2D eigenvalue weighted by molar-refractivity contribution is 0.0577. The molecular weight excluding hydrogens is 318 g/mol. The maximum absolute atomic E-state index is 12.0. The highest BCUT2D eigenvalue weighted by atomic mass is 79.9. The van der Waals surface area contributed by atoms with E-state index in [9.17, 15) is 9.59 Å². The lowest BCUT2D eigenvalue weighted by Crippen LogP contribution is -2.33. The second kappa shape index (κ2) is 5.86. The minimum atomic E-state index is -0.259. The third-order valence-corrected chi connectivity index (χ3v) is 3.30. The molecule has 4 nitrogen and oxygen atoms in total. The van der Waals surface area contributed by atoms with Gasteiger partial charge in [0, 0.05) is 10.2 Å². The summed E-state index contributed by atoms with van der Waals surface area (Å²) in [5, 5.41) is 0. The summed E-state index contributed by atoms with van der Waals surface area (Å²) >= 11 is 7.30. The highest BCUT2D eigenvalue weighted by Gasteiger charge is 2.35. The molecule has 0 spiro atoms. The number of ether oxygens (including phenoxy) is 1. The molecule has 1 aliphatic heterocycles. The van der Waals surface area contributed by atoms with Gasteiger partial charge >= 0.3 is 0 Å². The number of halogens is 1. The van der Waals surface area contributed by atoms with Crippen molar-refractivity contribution in [2.75, 3.05) is 25.5 Å². The van der Waals surface area contributed by atoms with Crippen molar-refractivity contribution in [1.29, 1.82) is 0 Å².